The molecule has 2 unspecified atom stereocenters. The molecule has 0 radical (unpaired) electrons. The van der Waals surface area contributed by atoms with Gasteiger partial charge < -0.3 is 9.84 Å². The van der Waals surface area contributed by atoms with Crippen LogP contribution in [0.5, 0.6) is 0 Å². The molecule has 1 N–H and O–H groups in total. The van der Waals surface area contributed by atoms with Crippen LogP contribution in [0.4, 0.5) is 0 Å². The van der Waals surface area contributed by atoms with E-state index >= 15 is 0 Å². The van der Waals surface area contributed by atoms with Crippen LogP contribution in [-0.2, 0) is 16.1 Å². The van der Waals surface area contributed by atoms with Crippen LogP contribution < -0.4 is 0 Å². The van der Waals surface area contributed by atoms with Gasteiger partial charge in [0, 0.05) is 27.3 Å². The average molecular weight is 348 g/mol. The molecule has 1 aliphatic heterocycles. The molecule has 0 aliphatic carbocycles. The summed E-state index contributed by atoms with van der Waals surface area (Å²) < 4.78 is 6.46. The molecule has 0 aromatic carbocycles. The van der Waals surface area contributed by atoms with Gasteiger partial charge >= 0.3 is 5.97 Å². The van der Waals surface area contributed by atoms with Crippen LogP contribution >= 0.6 is 27.3 Å². The van der Waals surface area contributed by atoms with Crippen LogP contribution in [0.15, 0.2) is 15.9 Å². The predicted molar refractivity (Wildman–Crippen MR) is 78.5 cm³/mol. The minimum atomic E-state index is -0.754. The lowest BCUT2D eigenvalue weighted by atomic mass is 10.0. The van der Waals surface area contributed by atoms with Crippen LogP contribution in [0.25, 0.3) is 0 Å². The summed E-state index contributed by atoms with van der Waals surface area (Å²) in [5.74, 6) is -1.16. The maximum absolute atomic E-state index is 11.3. The Morgan fingerprint density at radius 3 is 3.00 bits per heavy atom. The smallest absolute Gasteiger partial charge is 0.310 e. The van der Waals surface area contributed by atoms with Gasteiger partial charge in [0.25, 0.3) is 0 Å². The molecule has 0 bridgehead atoms. The summed E-state index contributed by atoms with van der Waals surface area (Å²) in [7, 11) is 0. The van der Waals surface area contributed by atoms with Gasteiger partial charge in [-0.25, -0.2) is 0 Å². The number of halogens is 1. The summed E-state index contributed by atoms with van der Waals surface area (Å²) >= 11 is 5.15. The number of nitrogens with zero attached hydrogens (tertiary/aromatic N) is 1. The fraction of sp³-hybridized carbons (Fsp3) is 0.615. The maximum atomic E-state index is 11.3. The first kappa shape index (κ1) is 15.0. The van der Waals surface area contributed by atoms with E-state index in [1.807, 2.05) is 0 Å². The van der Waals surface area contributed by atoms with Crippen LogP contribution in [0.2, 0.25) is 0 Å². The number of hydrogen-bond donors (Lipinski definition) is 1. The lowest BCUT2D eigenvalue weighted by Gasteiger charge is -2.29. The van der Waals surface area contributed by atoms with Crippen molar-refractivity contribution in [2.75, 3.05) is 19.8 Å². The Morgan fingerprint density at radius 2 is 2.42 bits per heavy atom. The van der Waals surface area contributed by atoms with Gasteiger partial charge in [0.05, 0.1) is 19.1 Å². The maximum Gasteiger partial charge on any atom is 0.310 e. The topological polar surface area (TPSA) is 49.8 Å². The molecule has 2 rings (SSSR count). The first-order chi connectivity index (χ1) is 9.11. The fourth-order valence-corrected chi connectivity index (χ4v) is 3.90. The van der Waals surface area contributed by atoms with Crippen molar-refractivity contribution in [3.8, 4) is 0 Å². The standard InChI is InChI=1S/C13H18BrNO3S/c1-2-3-15(5-10-4-9(14)8-19-10)12-7-18-6-11(12)13(16)17/h4,8,11-12H,2-3,5-7H2,1H3,(H,16,17). The SMILES string of the molecule is CCCN(Cc1cc(Br)cs1)C1COCC1C(=O)O. The highest BCUT2D eigenvalue weighted by atomic mass is 79.9. The van der Waals surface area contributed by atoms with Crippen LogP contribution in [0.3, 0.4) is 0 Å². The third-order valence-electron chi connectivity index (χ3n) is 3.33. The van der Waals surface area contributed by atoms with Crippen LogP contribution in [0, 0.1) is 5.92 Å². The number of aliphatic carboxylic acids is 1. The number of thiophene rings is 1. The van der Waals surface area contributed by atoms with E-state index in [0.717, 1.165) is 24.0 Å². The Bertz CT molecular complexity index is 437. The Labute approximate surface area is 125 Å². The third-order valence-corrected chi connectivity index (χ3v) is 5.01. The van der Waals surface area contributed by atoms with Crippen molar-refractivity contribution in [2.24, 2.45) is 5.92 Å². The summed E-state index contributed by atoms with van der Waals surface area (Å²) in [4.78, 5) is 14.8. The second kappa shape index (κ2) is 6.83. The highest BCUT2D eigenvalue weighted by Gasteiger charge is 2.37. The van der Waals surface area contributed by atoms with Crippen molar-refractivity contribution >= 4 is 33.2 Å². The molecule has 2 heterocycles. The van der Waals surface area contributed by atoms with E-state index < -0.39 is 11.9 Å². The van der Waals surface area contributed by atoms with E-state index in [0.29, 0.717) is 13.2 Å². The van der Waals surface area contributed by atoms with Crippen molar-refractivity contribution < 1.29 is 14.6 Å². The van der Waals surface area contributed by atoms with Crippen molar-refractivity contribution in [2.45, 2.75) is 25.9 Å². The van der Waals surface area contributed by atoms with Gasteiger partial charge in [-0.15, -0.1) is 11.3 Å². The highest BCUT2D eigenvalue weighted by molar-refractivity contribution is 9.10. The highest BCUT2D eigenvalue weighted by Crippen LogP contribution is 2.26. The molecule has 1 aromatic heterocycles. The molecule has 1 fully saturated rings. The molecule has 2 atom stereocenters. The molecular weight excluding hydrogens is 330 g/mol. The van der Waals surface area contributed by atoms with Gasteiger partial charge in [-0.2, -0.15) is 0 Å². The Hall–Kier alpha value is -0.430. The molecule has 1 aliphatic rings. The molecule has 0 spiro atoms. The number of carbonyl (C=O) groups is 1. The molecule has 0 amide bonds. The molecule has 19 heavy (non-hydrogen) atoms. The normalized spacial score (nSPS) is 23.1. The van der Waals surface area contributed by atoms with E-state index in [1.165, 1.54) is 4.88 Å². The van der Waals surface area contributed by atoms with E-state index in [2.05, 4.69) is 39.2 Å². The zero-order chi connectivity index (χ0) is 13.8. The summed E-state index contributed by atoms with van der Waals surface area (Å²) in [5, 5.41) is 11.3. The van der Waals surface area contributed by atoms with Crippen molar-refractivity contribution in [3.63, 3.8) is 0 Å². The van der Waals surface area contributed by atoms with Crippen molar-refractivity contribution in [3.05, 3.63) is 20.8 Å². The Morgan fingerprint density at radius 1 is 1.63 bits per heavy atom. The zero-order valence-electron chi connectivity index (χ0n) is 10.8. The first-order valence-electron chi connectivity index (χ1n) is 6.39. The van der Waals surface area contributed by atoms with Crippen LogP contribution in [0.1, 0.15) is 18.2 Å². The summed E-state index contributed by atoms with van der Waals surface area (Å²) in [6, 6.07) is 2.08. The van der Waals surface area contributed by atoms with Gasteiger partial charge in [0.15, 0.2) is 0 Å². The predicted octanol–water partition coefficient (Wildman–Crippen LogP) is 2.82. The number of hydrogen-bond acceptors (Lipinski definition) is 4. The van der Waals surface area contributed by atoms with Gasteiger partial charge in [0.2, 0.25) is 0 Å². The molecule has 4 nitrogen and oxygen atoms in total. The number of ether oxygens (including phenoxy) is 1. The van der Waals surface area contributed by atoms with E-state index in [1.54, 1.807) is 11.3 Å². The summed E-state index contributed by atoms with van der Waals surface area (Å²) in [6.07, 6.45) is 1.01. The van der Waals surface area contributed by atoms with Gasteiger partial charge in [0.1, 0.15) is 0 Å². The largest absolute Gasteiger partial charge is 0.481 e. The van der Waals surface area contributed by atoms with Crippen LogP contribution in [-0.4, -0.2) is 41.8 Å². The first-order valence-corrected chi connectivity index (χ1v) is 8.06. The second-order valence-electron chi connectivity index (χ2n) is 4.75. The minimum Gasteiger partial charge on any atom is -0.481 e. The van der Waals surface area contributed by atoms with Crippen molar-refractivity contribution in [1.29, 1.82) is 0 Å². The monoisotopic (exact) mass is 347 g/mol. The molecule has 6 heteroatoms. The number of carboxylic acids is 1. The lowest BCUT2D eigenvalue weighted by Crippen LogP contribution is -2.43. The van der Waals surface area contributed by atoms with E-state index in [-0.39, 0.29) is 6.04 Å². The molecule has 1 aromatic rings. The Kier molecular flexibility index (Phi) is 5.38. The fourth-order valence-electron chi connectivity index (χ4n) is 2.42. The molecular formula is C13H18BrNO3S. The summed E-state index contributed by atoms with van der Waals surface area (Å²) in [5.41, 5.74) is 0. The zero-order valence-corrected chi connectivity index (χ0v) is 13.2. The molecule has 1 saturated heterocycles. The van der Waals surface area contributed by atoms with Gasteiger partial charge in [-0.3, -0.25) is 9.69 Å². The van der Waals surface area contributed by atoms with E-state index in [9.17, 15) is 9.90 Å². The van der Waals surface area contributed by atoms with Gasteiger partial charge in [-0.05, 0) is 35.0 Å². The molecule has 106 valence electrons. The second-order valence-corrected chi connectivity index (χ2v) is 6.66. The van der Waals surface area contributed by atoms with Crippen molar-refractivity contribution in [1.82, 2.24) is 4.90 Å². The molecule has 0 saturated carbocycles. The quantitative estimate of drug-likeness (QED) is 0.859. The summed E-state index contributed by atoms with van der Waals surface area (Å²) in [6.45, 7) is 4.65. The minimum absolute atomic E-state index is 0.0154. The van der Waals surface area contributed by atoms with Gasteiger partial charge in [-0.1, -0.05) is 6.92 Å². The number of rotatable bonds is 6. The lowest BCUT2D eigenvalue weighted by molar-refractivity contribution is -0.143. The van der Waals surface area contributed by atoms with E-state index in [4.69, 9.17) is 4.74 Å². The average Bonchev–Trinajstić information content (AvgIpc) is 2.97. The third kappa shape index (κ3) is 3.78. The number of carboxylic acid groups (broad SMARTS) is 1. The Balaban J connectivity index is 2.08.